The SMILES string of the molecule is NC(=O)c1ccc(Cn2cc(Cl)c(=O)[nH]c2=O)c(N)c1. The molecule has 1 aromatic heterocycles. The zero-order valence-electron chi connectivity index (χ0n) is 10.2. The third-order valence-corrected chi connectivity index (χ3v) is 3.01. The summed E-state index contributed by atoms with van der Waals surface area (Å²) in [5.74, 6) is -0.590. The molecule has 0 atom stereocenters. The molecule has 0 unspecified atom stereocenters. The maximum atomic E-state index is 11.6. The number of hydrogen-bond acceptors (Lipinski definition) is 4. The van der Waals surface area contributed by atoms with Gasteiger partial charge in [0.2, 0.25) is 5.91 Å². The number of halogens is 1. The third-order valence-electron chi connectivity index (χ3n) is 2.74. The zero-order chi connectivity index (χ0) is 14.9. The molecule has 0 saturated carbocycles. The van der Waals surface area contributed by atoms with Crippen LogP contribution in [-0.2, 0) is 6.54 Å². The molecule has 0 saturated heterocycles. The summed E-state index contributed by atoms with van der Waals surface area (Å²) in [4.78, 5) is 35.9. The highest BCUT2D eigenvalue weighted by Crippen LogP contribution is 2.15. The fourth-order valence-electron chi connectivity index (χ4n) is 1.68. The van der Waals surface area contributed by atoms with E-state index in [4.69, 9.17) is 23.1 Å². The first kappa shape index (κ1) is 13.9. The van der Waals surface area contributed by atoms with Crippen LogP contribution in [0.1, 0.15) is 15.9 Å². The summed E-state index contributed by atoms with van der Waals surface area (Å²) in [6.45, 7) is 0.111. The number of benzene rings is 1. The zero-order valence-corrected chi connectivity index (χ0v) is 11.0. The predicted molar refractivity (Wildman–Crippen MR) is 74.8 cm³/mol. The van der Waals surface area contributed by atoms with E-state index >= 15 is 0 Å². The molecule has 20 heavy (non-hydrogen) atoms. The quantitative estimate of drug-likeness (QED) is 0.685. The molecule has 0 aliphatic rings. The molecular weight excluding hydrogens is 284 g/mol. The van der Waals surface area contributed by atoms with Gasteiger partial charge in [0.15, 0.2) is 0 Å². The number of carbonyl (C=O) groups is 1. The molecule has 104 valence electrons. The molecule has 0 fully saturated rings. The van der Waals surface area contributed by atoms with E-state index in [1.54, 1.807) is 6.07 Å². The first-order valence-corrected chi connectivity index (χ1v) is 5.93. The van der Waals surface area contributed by atoms with Crippen molar-refractivity contribution in [2.24, 2.45) is 5.73 Å². The lowest BCUT2D eigenvalue weighted by molar-refractivity contribution is 0.100. The number of nitrogens with one attached hydrogen (secondary N) is 1. The van der Waals surface area contributed by atoms with Crippen molar-refractivity contribution in [3.8, 4) is 0 Å². The number of rotatable bonds is 3. The maximum Gasteiger partial charge on any atom is 0.328 e. The predicted octanol–water partition coefficient (Wildman–Crippen LogP) is -0.0806. The van der Waals surface area contributed by atoms with Gasteiger partial charge >= 0.3 is 5.69 Å². The van der Waals surface area contributed by atoms with Crippen molar-refractivity contribution >= 4 is 23.2 Å². The van der Waals surface area contributed by atoms with Gasteiger partial charge in [-0.1, -0.05) is 17.7 Å². The molecule has 5 N–H and O–H groups in total. The second-order valence-electron chi connectivity index (χ2n) is 4.14. The van der Waals surface area contributed by atoms with E-state index in [2.05, 4.69) is 4.98 Å². The van der Waals surface area contributed by atoms with Gasteiger partial charge in [-0.3, -0.25) is 19.1 Å². The van der Waals surface area contributed by atoms with Crippen LogP contribution < -0.4 is 22.7 Å². The summed E-state index contributed by atoms with van der Waals surface area (Å²) in [5.41, 5.74) is 10.9. The Balaban J connectivity index is 2.40. The Kier molecular flexibility index (Phi) is 3.62. The molecule has 2 rings (SSSR count). The van der Waals surface area contributed by atoms with Crippen molar-refractivity contribution in [2.45, 2.75) is 6.54 Å². The molecule has 8 heteroatoms. The van der Waals surface area contributed by atoms with Crippen molar-refractivity contribution in [3.63, 3.8) is 0 Å². The molecule has 2 aromatic rings. The van der Waals surface area contributed by atoms with Crippen LogP contribution in [0.5, 0.6) is 0 Å². The minimum absolute atomic E-state index is 0.100. The number of H-pyrrole nitrogens is 1. The highest BCUT2D eigenvalue weighted by atomic mass is 35.5. The molecule has 0 bridgehead atoms. The van der Waals surface area contributed by atoms with E-state index in [9.17, 15) is 14.4 Å². The van der Waals surface area contributed by atoms with Gasteiger partial charge in [0.25, 0.3) is 5.56 Å². The fourth-order valence-corrected chi connectivity index (χ4v) is 1.84. The van der Waals surface area contributed by atoms with Crippen LogP contribution in [0, 0.1) is 0 Å². The molecular formula is C12H11ClN4O3. The third kappa shape index (κ3) is 2.72. The molecule has 1 amide bonds. The Bertz CT molecular complexity index is 794. The van der Waals surface area contributed by atoms with Crippen molar-refractivity contribution < 1.29 is 4.79 Å². The lowest BCUT2D eigenvalue weighted by atomic mass is 10.1. The summed E-state index contributed by atoms with van der Waals surface area (Å²) in [7, 11) is 0. The van der Waals surface area contributed by atoms with Gasteiger partial charge in [-0.25, -0.2) is 4.79 Å². The Hall–Kier alpha value is -2.54. The van der Waals surface area contributed by atoms with Gasteiger partial charge in [0.05, 0.1) is 6.54 Å². The summed E-state index contributed by atoms with van der Waals surface area (Å²) < 4.78 is 1.21. The highest BCUT2D eigenvalue weighted by Gasteiger charge is 2.08. The van der Waals surface area contributed by atoms with E-state index in [1.807, 2.05) is 0 Å². The average Bonchev–Trinajstić information content (AvgIpc) is 2.37. The Morgan fingerprint density at radius 1 is 1.35 bits per heavy atom. The van der Waals surface area contributed by atoms with Crippen molar-refractivity contribution in [1.29, 1.82) is 0 Å². The van der Waals surface area contributed by atoms with Crippen LogP contribution in [0.4, 0.5) is 5.69 Å². The molecule has 0 aliphatic heterocycles. The second-order valence-corrected chi connectivity index (χ2v) is 4.55. The van der Waals surface area contributed by atoms with Crippen molar-refractivity contribution in [1.82, 2.24) is 9.55 Å². The van der Waals surface area contributed by atoms with Gasteiger partial charge in [0.1, 0.15) is 5.02 Å². The van der Waals surface area contributed by atoms with Gasteiger partial charge in [0, 0.05) is 17.4 Å². The van der Waals surface area contributed by atoms with Crippen LogP contribution in [0.25, 0.3) is 0 Å². The Morgan fingerprint density at radius 2 is 2.05 bits per heavy atom. The smallest absolute Gasteiger partial charge is 0.328 e. The molecule has 1 heterocycles. The number of aromatic amines is 1. The molecule has 0 spiro atoms. The van der Waals surface area contributed by atoms with Crippen LogP contribution in [0.15, 0.2) is 34.0 Å². The number of amides is 1. The lowest BCUT2D eigenvalue weighted by Gasteiger charge is -2.09. The normalized spacial score (nSPS) is 10.4. The number of primary amides is 1. The Labute approximate surface area is 117 Å². The van der Waals surface area contributed by atoms with Gasteiger partial charge in [-0.15, -0.1) is 0 Å². The number of aromatic nitrogens is 2. The summed E-state index contributed by atoms with van der Waals surface area (Å²) >= 11 is 5.66. The van der Waals surface area contributed by atoms with Crippen molar-refractivity contribution in [3.05, 3.63) is 61.4 Å². The molecule has 0 aliphatic carbocycles. The largest absolute Gasteiger partial charge is 0.398 e. The summed E-state index contributed by atoms with van der Waals surface area (Å²) in [6.07, 6.45) is 1.23. The van der Waals surface area contributed by atoms with E-state index < -0.39 is 17.2 Å². The molecule has 7 nitrogen and oxygen atoms in total. The first-order valence-electron chi connectivity index (χ1n) is 5.56. The average molecular weight is 295 g/mol. The number of nitrogens with zero attached hydrogens (tertiary/aromatic N) is 1. The summed E-state index contributed by atoms with van der Waals surface area (Å²) in [5, 5.41) is -0.100. The Morgan fingerprint density at radius 3 is 2.65 bits per heavy atom. The lowest BCUT2D eigenvalue weighted by Crippen LogP contribution is -2.30. The molecule has 0 radical (unpaired) electrons. The van der Waals surface area contributed by atoms with E-state index in [0.29, 0.717) is 11.3 Å². The minimum Gasteiger partial charge on any atom is -0.398 e. The van der Waals surface area contributed by atoms with Gasteiger partial charge < -0.3 is 11.5 Å². The van der Waals surface area contributed by atoms with E-state index in [-0.39, 0.29) is 17.1 Å². The van der Waals surface area contributed by atoms with Gasteiger partial charge in [-0.05, 0) is 17.7 Å². The number of hydrogen-bond donors (Lipinski definition) is 3. The minimum atomic E-state index is -0.648. The van der Waals surface area contributed by atoms with E-state index in [0.717, 1.165) is 0 Å². The highest BCUT2D eigenvalue weighted by molar-refractivity contribution is 6.30. The standard InChI is InChI=1S/C12H11ClN4O3/c13-8-5-17(12(20)16-11(8)19)4-7-2-1-6(10(15)18)3-9(7)14/h1-3,5H,4,14H2,(H2,15,18)(H,16,19,20). The topological polar surface area (TPSA) is 124 Å². The van der Waals surface area contributed by atoms with Crippen LogP contribution in [-0.4, -0.2) is 15.5 Å². The first-order chi connectivity index (χ1) is 9.38. The number of nitrogen functional groups attached to an aromatic ring is 1. The van der Waals surface area contributed by atoms with E-state index in [1.165, 1.54) is 22.9 Å². The van der Waals surface area contributed by atoms with Crippen molar-refractivity contribution in [2.75, 3.05) is 5.73 Å². The van der Waals surface area contributed by atoms with Gasteiger partial charge in [-0.2, -0.15) is 0 Å². The second kappa shape index (κ2) is 5.22. The number of nitrogens with two attached hydrogens (primary N) is 2. The molecule has 1 aromatic carbocycles. The fraction of sp³-hybridized carbons (Fsp3) is 0.0833. The number of anilines is 1. The number of carbonyl (C=O) groups excluding carboxylic acids is 1. The van der Waals surface area contributed by atoms with Crippen LogP contribution in [0.3, 0.4) is 0 Å². The van der Waals surface area contributed by atoms with Crippen LogP contribution in [0.2, 0.25) is 5.02 Å². The van der Waals surface area contributed by atoms with Crippen LogP contribution >= 0.6 is 11.6 Å². The maximum absolute atomic E-state index is 11.6. The summed E-state index contributed by atoms with van der Waals surface area (Å²) in [6, 6.07) is 4.52. The monoisotopic (exact) mass is 294 g/mol.